The maximum Gasteiger partial charge on any atom is 0.327 e. The summed E-state index contributed by atoms with van der Waals surface area (Å²) < 4.78 is 31.7. The molecule has 0 aliphatic carbocycles. The lowest BCUT2D eigenvalue weighted by Gasteiger charge is -2.37. The summed E-state index contributed by atoms with van der Waals surface area (Å²) in [5.74, 6) is -0.382. The van der Waals surface area contributed by atoms with E-state index in [1.165, 1.54) is 16.8 Å². The summed E-state index contributed by atoms with van der Waals surface area (Å²) in [6.07, 6.45) is 1.59. The minimum absolute atomic E-state index is 0.294. The smallest absolute Gasteiger partial charge is 0.327 e. The van der Waals surface area contributed by atoms with E-state index in [-0.39, 0.29) is 5.97 Å². The molecule has 1 aliphatic heterocycles. The molecule has 0 aromatic heterocycles. The van der Waals surface area contributed by atoms with E-state index in [9.17, 15) is 13.2 Å². The van der Waals surface area contributed by atoms with Crippen LogP contribution in [0.2, 0.25) is 5.02 Å². The third-order valence-corrected chi connectivity index (χ3v) is 6.66. The Bertz CT molecular complexity index is 954. The Labute approximate surface area is 176 Å². The second-order valence-corrected chi connectivity index (χ2v) is 8.93. The van der Waals surface area contributed by atoms with E-state index in [0.29, 0.717) is 31.2 Å². The fourth-order valence-electron chi connectivity index (χ4n) is 3.28. The van der Waals surface area contributed by atoms with E-state index < -0.39 is 16.1 Å². The van der Waals surface area contributed by atoms with Crippen molar-refractivity contribution in [3.8, 4) is 0 Å². The number of methoxy groups -OCH3 is 1. The summed E-state index contributed by atoms with van der Waals surface area (Å²) in [6.45, 7) is 1.42. The minimum Gasteiger partial charge on any atom is -0.468 e. The van der Waals surface area contributed by atoms with Gasteiger partial charge in [-0.15, -0.1) is 0 Å². The number of carbonyl (C=O) groups excluding carboxylic acids is 1. The van der Waals surface area contributed by atoms with E-state index in [4.69, 9.17) is 16.3 Å². The Kier molecular flexibility index (Phi) is 7.08. The number of halogens is 1. The highest BCUT2D eigenvalue weighted by molar-refractivity contribution is 7.92. The zero-order valence-electron chi connectivity index (χ0n) is 16.1. The number of sulfonamides is 1. The van der Waals surface area contributed by atoms with Gasteiger partial charge in [-0.2, -0.15) is 4.31 Å². The van der Waals surface area contributed by atoms with Crippen LogP contribution in [0.5, 0.6) is 0 Å². The Hall–Kier alpha value is -2.19. The van der Waals surface area contributed by atoms with Crippen molar-refractivity contribution in [2.24, 2.45) is 0 Å². The molecule has 1 unspecified atom stereocenters. The SMILES string of the molecule is COC(=O)C(c1ccc(Cl)cc1)N1CCN(S(=O)(=O)/C=C/c2ccccc2)CC1. The van der Waals surface area contributed by atoms with Crippen LogP contribution in [0.25, 0.3) is 6.08 Å². The first-order valence-corrected chi connectivity index (χ1v) is 11.1. The number of carbonyl (C=O) groups is 1. The molecule has 1 fully saturated rings. The molecule has 1 saturated heterocycles. The van der Waals surface area contributed by atoms with Crippen LogP contribution in [-0.2, 0) is 19.6 Å². The maximum atomic E-state index is 12.6. The van der Waals surface area contributed by atoms with Crippen molar-refractivity contribution in [2.75, 3.05) is 33.3 Å². The topological polar surface area (TPSA) is 66.9 Å². The van der Waals surface area contributed by atoms with Crippen molar-refractivity contribution < 1.29 is 17.9 Å². The Morgan fingerprint density at radius 2 is 1.66 bits per heavy atom. The van der Waals surface area contributed by atoms with Gasteiger partial charge >= 0.3 is 5.97 Å². The van der Waals surface area contributed by atoms with Gasteiger partial charge in [0, 0.05) is 36.6 Å². The first kappa shape index (κ1) is 21.5. The van der Waals surface area contributed by atoms with Gasteiger partial charge in [-0.25, -0.2) is 13.2 Å². The normalized spacial score (nSPS) is 17.3. The molecule has 6 nitrogen and oxygen atoms in total. The first-order chi connectivity index (χ1) is 13.9. The lowest BCUT2D eigenvalue weighted by atomic mass is 10.0. The zero-order valence-corrected chi connectivity index (χ0v) is 17.6. The summed E-state index contributed by atoms with van der Waals surface area (Å²) >= 11 is 5.95. The fourth-order valence-corrected chi connectivity index (χ4v) is 4.58. The highest BCUT2D eigenvalue weighted by Gasteiger charge is 2.33. The highest BCUT2D eigenvalue weighted by Crippen LogP contribution is 2.26. The van der Waals surface area contributed by atoms with Crippen molar-refractivity contribution in [3.63, 3.8) is 0 Å². The number of benzene rings is 2. The van der Waals surface area contributed by atoms with Crippen molar-refractivity contribution in [1.29, 1.82) is 0 Å². The monoisotopic (exact) mass is 434 g/mol. The second kappa shape index (κ2) is 9.54. The third-order valence-electron chi connectivity index (χ3n) is 4.84. The summed E-state index contributed by atoms with van der Waals surface area (Å²) in [5, 5.41) is 1.81. The highest BCUT2D eigenvalue weighted by atomic mass is 35.5. The van der Waals surface area contributed by atoms with Crippen LogP contribution in [0.4, 0.5) is 0 Å². The average molecular weight is 435 g/mol. The molecule has 0 spiro atoms. The third kappa shape index (κ3) is 5.45. The van der Waals surface area contributed by atoms with Crippen LogP contribution >= 0.6 is 11.6 Å². The second-order valence-electron chi connectivity index (χ2n) is 6.67. The van der Waals surface area contributed by atoms with Crippen LogP contribution in [0, 0.1) is 0 Å². The summed E-state index contributed by atoms with van der Waals surface area (Å²) in [5.41, 5.74) is 1.59. The largest absolute Gasteiger partial charge is 0.468 e. The average Bonchev–Trinajstić information content (AvgIpc) is 2.75. The van der Waals surface area contributed by atoms with E-state index in [1.807, 2.05) is 35.2 Å². The number of ether oxygens (including phenoxy) is 1. The number of nitrogens with zero attached hydrogens (tertiary/aromatic N) is 2. The molecular formula is C21H23ClN2O4S. The number of esters is 1. The Morgan fingerprint density at radius 1 is 1.03 bits per heavy atom. The number of piperazine rings is 1. The van der Waals surface area contributed by atoms with E-state index in [2.05, 4.69) is 0 Å². The summed E-state index contributed by atoms with van der Waals surface area (Å²) in [4.78, 5) is 14.3. The molecule has 0 bridgehead atoms. The summed E-state index contributed by atoms with van der Waals surface area (Å²) in [7, 11) is -2.19. The van der Waals surface area contributed by atoms with Gasteiger partial charge in [0.05, 0.1) is 7.11 Å². The quantitative estimate of drug-likeness (QED) is 0.653. The number of hydrogen-bond donors (Lipinski definition) is 0. The van der Waals surface area contributed by atoms with Crippen LogP contribution < -0.4 is 0 Å². The van der Waals surface area contributed by atoms with Crippen LogP contribution in [-0.4, -0.2) is 56.9 Å². The van der Waals surface area contributed by atoms with Gasteiger partial charge in [0.1, 0.15) is 6.04 Å². The van der Waals surface area contributed by atoms with Crippen molar-refractivity contribution in [2.45, 2.75) is 6.04 Å². The molecular weight excluding hydrogens is 412 g/mol. The van der Waals surface area contributed by atoms with Gasteiger partial charge in [0.2, 0.25) is 10.0 Å². The molecule has 2 aromatic rings. The number of hydrogen-bond acceptors (Lipinski definition) is 5. The molecule has 0 radical (unpaired) electrons. The fraction of sp³-hybridized carbons (Fsp3) is 0.286. The lowest BCUT2D eigenvalue weighted by molar-refractivity contribution is -0.147. The standard InChI is InChI=1S/C21H23ClN2O4S/c1-28-21(25)20(18-7-9-19(22)10-8-18)23-12-14-24(15-13-23)29(26,27)16-11-17-5-3-2-4-6-17/h2-11,16,20H,12-15H2,1H3/b16-11+. The molecule has 1 heterocycles. The lowest BCUT2D eigenvalue weighted by Crippen LogP contribution is -2.50. The predicted octanol–water partition coefficient (Wildman–Crippen LogP) is 3.17. The number of rotatable bonds is 6. The van der Waals surface area contributed by atoms with Crippen LogP contribution in [0.3, 0.4) is 0 Å². The predicted molar refractivity (Wildman–Crippen MR) is 114 cm³/mol. The van der Waals surface area contributed by atoms with E-state index >= 15 is 0 Å². The zero-order chi connectivity index (χ0) is 20.9. The van der Waals surface area contributed by atoms with Gasteiger partial charge in [-0.3, -0.25) is 4.90 Å². The molecule has 8 heteroatoms. The molecule has 154 valence electrons. The van der Waals surface area contributed by atoms with E-state index in [0.717, 1.165) is 11.1 Å². The van der Waals surface area contributed by atoms with Crippen molar-refractivity contribution in [1.82, 2.24) is 9.21 Å². The van der Waals surface area contributed by atoms with Crippen molar-refractivity contribution in [3.05, 3.63) is 76.2 Å². The van der Waals surface area contributed by atoms with E-state index in [1.54, 1.807) is 30.3 Å². The van der Waals surface area contributed by atoms with Crippen LogP contribution in [0.1, 0.15) is 17.2 Å². The van der Waals surface area contributed by atoms with Gasteiger partial charge in [0.25, 0.3) is 0 Å². The van der Waals surface area contributed by atoms with Gasteiger partial charge in [-0.1, -0.05) is 54.1 Å². The molecule has 0 saturated carbocycles. The molecule has 0 N–H and O–H groups in total. The minimum atomic E-state index is -3.53. The van der Waals surface area contributed by atoms with Gasteiger partial charge < -0.3 is 4.74 Å². The van der Waals surface area contributed by atoms with Gasteiger partial charge in [0.15, 0.2) is 0 Å². The summed E-state index contributed by atoms with van der Waals surface area (Å²) in [6, 6.07) is 15.7. The molecule has 1 aliphatic rings. The molecule has 29 heavy (non-hydrogen) atoms. The molecule has 2 aromatic carbocycles. The van der Waals surface area contributed by atoms with Crippen molar-refractivity contribution >= 4 is 33.7 Å². The molecule has 1 atom stereocenters. The molecule has 3 rings (SSSR count). The van der Waals surface area contributed by atoms with Crippen LogP contribution in [0.15, 0.2) is 60.0 Å². The maximum absolute atomic E-state index is 12.6. The Balaban J connectivity index is 1.69. The molecule has 0 amide bonds. The Morgan fingerprint density at radius 3 is 2.24 bits per heavy atom. The van der Waals surface area contributed by atoms with Gasteiger partial charge in [-0.05, 0) is 29.3 Å². The first-order valence-electron chi connectivity index (χ1n) is 9.21.